The summed E-state index contributed by atoms with van der Waals surface area (Å²) in [7, 11) is 0. The van der Waals surface area contributed by atoms with Crippen LogP contribution in [0.3, 0.4) is 0 Å². The Morgan fingerprint density at radius 2 is 2.11 bits per heavy atom. The number of likely N-dealkylation sites (tertiary alicyclic amines) is 1. The molecule has 4 aromatic heterocycles. The van der Waals surface area contributed by atoms with Crippen molar-refractivity contribution in [2.45, 2.75) is 32.7 Å². The third kappa shape index (κ3) is 3.87. The molecule has 0 atom stereocenters. The summed E-state index contributed by atoms with van der Waals surface area (Å²) >= 11 is 1.61. The highest BCUT2D eigenvalue weighted by Gasteiger charge is 2.24. The maximum atomic E-state index is 11.7. The number of nitrogens with zero attached hydrogens (tertiary/aromatic N) is 5. The number of furan rings is 1. The van der Waals surface area contributed by atoms with Crippen molar-refractivity contribution in [3.63, 3.8) is 0 Å². The zero-order chi connectivity index (χ0) is 24.8. The Morgan fingerprint density at radius 3 is 2.89 bits per heavy atom. The second-order valence-corrected chi connectivity index (χ2v) is 10.1. The first-order valence-electron chi connectivity index (χ1n) is 12.1. The number of nitrogens with one attached hydrogen (secondary N) is 1. The minimum atomic E-state index is 0.130. The van der Waals surface area contributed by atoms with Gasteiger partial charge in [-0.25, -0.2) is 4.98 Å². The highest BCUT2D eigenvalue weighted by molar-refractivity contribution is 7.22. The van der Waals surface area contributed by atoms with E-state index >= 15 is 0 Å². The van der Waals surface area contributed by atoms with E-state index in [1.807, 2.05) is 46.2 Å². The van der Waals surface area contributed by atoms with Crippen molar-refractivity contribution in [1.29, 1.82) is 0 Å². The summed E-state index contributed by atoms with van der Waals surface area (Å²) in [5, 5.41) is 9.68. The molecule has 0 aliphatic carbocycles. The quantitative estimate of drug-likeness (QED) is 0.341. The number of carbonyl (C=O) groups is 1. The second kappa shape index (κ2) is 8.94. The highest BCUT2D eigenvalue weighted by Crippen LogP contribution is 2.40. The number of rotatable bonds is 5. The van der Waals surface area contributed by atoms with Crippen molar-refractivity contribution in [3.8, 4) is 22.6 Å². The average molecular weight is 502 g/mol. The molecule has 0 radical (unpaired) electrons. The van der Waals surface area contributed by atoms with Gasteiger partial charge in [0.15, 0.2) is 10.7 Å². The van der Waals surface area contributed by atoms with Crippen LogP contribution in [0.15, 0.2) is 47.3 Å². The number of nitrogens with two attached hydrogens (primary N) is 1. The number of aromatic nitrogens is 4. The number of amides is 1. The van der Waals surface area contributed by atoms with E-state index in [4.69, 9.17) is 10.2 Å². The van der Waals surface area contributed by atoms with Crippen LogP contribution < -0.4 is 11.1 Å². The lowest BCUT2D eigenvalue weighted by Gasteiger charge is -2.31. The van der Waals surface area contributed by atoms with Gasteiger partial charge >= 0.3 is 0 Å². The molecule has 10 heteroatoms. The van der Waals surface area contributed by atoms with E-state index in [1.165, 1.54) is 0 Å². The number of benzene rings is 1. The lowest BCUT2D eigenvalue weighted by molar-refractivity contribution is -0.130. The molecule has 0 unspecified atom stereocenters. The van der Waals surface area contributed by atoms with Crippen LogP contribution in [-0.4, -0.2) is 50.2 Å². The first-order chi connectivity index (χ1) is 17.5. The molecule has 5 heterocycles. The molecule has 5 aromatic rings. The van der Waals surface area contributed by atoms with E-state index in [-0.39, 0.29) is 11.9 Å². The largest absolute Gasteiger partial charge is 0.454 e. The van der Waals surface area contributed by atoms with Gasteiger partial charge in [0.1, 0.15) is 5.76 Å². The van der Waals surface area contributed by atoms with E-state index in [0.29, 0.717) is 11.3 Å². The third-order valence-electron chi connectivity index (χ3n) is 6.75. The molecular formula is C26H27N7O2S. The van der Waals surface area contributed by atoms with Gasteiger partial charge in [-0.2, -0.15) is 5.10 Å². The molecule has 0 bridgehead atoms. The summed E-state index contributed by atoms with van der Waals surface area (Å²) in [6, 6.07) is 8.31. The molecule has 0 spiro atoms. The Hall–Kier alpha value is -3.92. The van der Waals surface area contributed by atoms with Gasteiger partial charge in [0, 0.05) is 49.3 Å². The molecule has 1 saturated heterocycles. The number of piperidine rings is 1. The highest BCUT2D eigenvalue weighted by atomic mass is 32.1. The molecule has 1 fully saturated rings. The summed E-state index contributed by atoms with van der Waals surface area (Å²) in [5.41, 5.74) is 11.0. The first-order valence-corrected chi connectivity index (χ1v) is 13.0. The monoisotopic (exact) mass is 501 g/mol. The van der Waals surface area contributed by atoms with Gasteiger partial charge in [-0.15, -0.1) is 0 Å². The molecule has 0 saturated carbocycles. The maximum Gasteiger partial charge on any atom is 0.219 e. The van der Waals surface area contributed by atoms with E-state index in [1.54, 1.807) is 24.5 Å². The molecule has 184 valence electrons. The molecule has 1 aromatic carbocycles. The van der Waals surface area contributed by atoms with Crippen LogP contribution in [0.4, 0.5) is 10.8 Å². The second-order valence-electron chi connectivity index (χ2n) is 9.07. The fourth-order valence-electron chi connectivity index (χ4n) is 4.88. The fourth-order valence-corrected chi connectivity index (χ4v) is 5.93. The minimum absolute atomic E-state index is 0.130. The van der Waals surface area contributed by atoms with Crippen LogP contribution in [0.5, 0.6) is 0 Å². The molecule has 1 aliphatic heterocycles. The van der Waals surface area contributed by atoms with E-state index in [9.17, 15) is 4.79 Å². The lowest BCUT2D eigenvalue weighted by Crippen LogP contribution is -2.37. The lowest BCUT2D eigenvalue weighted by atomic mass is 10.1. The zero-order valence-corrected chi connectivity index (χ0v) is 21.0. The van der Waals surface area contributed by atoms with Crippen molar-refractivity contribution in [1.82, 2.24) is 24.6 Å². The van der Waals surface area contributed by atoms with Gasteiger partial charge in [0.25, 0.3) is 0 Å². The van der Waals surface area contributed by atoms with Gasteiger partial charge < -0.3 is 20.4 Å². The zero-order valence-electron chi connectivity index (χ0n) is 20.2. The van der Waals surface area contributed by atoms with Crippen molar-refractivity contribution in [2.75, 3.05) is 30.7 Å². The smallest absolute Gasteiger partial charge is 0.219 e. The fraction of sp³-hybridized carbons (Fsp3) is 0.308. The van der Waals surface area contributed by atoms with Gasteiger partial charge in [0.05, 0.1) is 40.0 Å². The molecule has 3 N–H and O–H groups in total. The van der Waals surface area contributed by atoms with Crippen molar-refractivity contribution in [2.24, 2.45) is 0 Å². The standard InChI is InChI=1S/C26H27N7O2S/c1-3-28-26-31-21-6-4-5-18(25(21)36-26)22-11-19-23(29-13-20(27)24(19)35-22)16-12-30-33(14-16)17-7-9-32(10-8-17)15(2)34/h4-6,11-14,17H,3,7-10,27H2,1-2H3,(H,28,31). The van der Waals surface area contributed by atoms with E-state index in [2.05, 4.69) is 27.3 Å². The summed E-state index contributed by atoms with van der Waals surface area (Å²) in [6.07, 6.45) is 7.29. The number of thiazole rings is 1. The third-order valence-corrected chi connectivity index (χ3v) is 7.81. The normalized spacial score (nSPS) is 14.7. The van der Waals surface area contributed by atoms with E-state index < -0.39 is 0 Å². The Kier molecular flexibility index (Phi) is 5.60. The number of pyridine rings is 1. The molecule has 1 aliphatic rings. The topological polar surface area (TPSA) is 115 Å². The molecule has 6 rings (SSSR count). The van der Waals surface area contributed by atoms with Crippen LogP contribution >= 0.6 is 11.3 Å². The van der Waals surface area contributed by atoms with Crippen LogP contribution in [0.25, 0.3) is 43.8 Å². The predicted octanol–water partition coefficient (Wildman–Crippen LogP) is 5.17. The van der Waals surface area contributed by atoms with E-state index in [0.717, 1.165) is 75.8 Å². The summed E-state index contributed by atoms with van der Waals surface area (Å²) in [5.74, 6) is 0.859. The number of hydrogen-bond acceptors (Lipinski definition) is 8. The Balaban J connectivity index is 1.37. The minimum Gasteiger partial charge on any atom is -0.454 e. The Labute approximate surface area is 211 Å². The molecular weight excluding hydrogens is 474 g/mol. The van der Waals surface area contributed by atoms with Crippen LogP contribution in [0, 0.1) is 0 Å². The Morgan fingerprint density at radius 1 is 1.28 bits per heavy atom. The number of hydrogen-bond donors (Lipinski definition) is 2. The Bertz CT molecular complexity index is 1580. The van der Waals surface area contributed by atoms with Crippen LogP contribution in [-0.2, 0) is 4.79 Å². The number of nitrogen functional groups attached to an aromatic ring is 1. The number of fused-ring (bicyclic) bond motifs is 2. The van der Waals surface area contributed by atoms with Crippen molar-refractivity contribution >= 4 is 49.2 Å². The average Bonchev–Trinajstić information content (AvgIpc) is 3.63. The van der Waals surface area contributed by atoms with Crippen LogP contribution in [0.1, 0.15) is 32.7 Å². The molecule has 1 amide bonds. The first kappa shape index (κ1) is 22.5. The number of anilines is 2. The number of carbonyl (C=O) groups excluding carboxylic acids is 1. The maximum absolute atomic E-state index is 11.7. The van der Waals surface area contributed by atoms with Gasteiger partial charge in [-0.3, -0.25) is 14.5 Å². The molecule has 9 nitrogen and oxygen atoms in total. The van der Waals surface area contributed by atoms with Gasteiger partial charge in [-0.05, 0) is 38.0 Å². The van der Waals surface area contributed by atoms with Crippen molar-refractivity contribution < 1.29 is 9.21 Å². The summed E-state index contributed by atoms with van der Waals surface area (Å²) < 4.78 is 9.37. The van der Waals surface area contributed by atoms with Crippen LogP contribution in [0.2, 0.25) is 0 Å². The molecule has 36 heavy (non-hydrogen) atoms. The van der Waals surface area contributed by atoms with Gasteiger partial charge in [-0.1, -0.05) is 17.4 Å². The predicted molar refractivity (Wildman–Crippen MR) is 143 cm³/mol. The SMILES string of the molecule is CCNc1nc2cccc(-c3cc4c(-c5cnn(C6CCN(C(C)=O)CC6)c5)ncc(N)c4o3)c2s1. The van der Waals surface area contributed by atoms with Gasteiger partial charge in [0.2, 0.25) is 5.91 Å². The summed E-state index contributed by atoms with van der Waals surface area (Å²) in [6.45, 7) is 6.00. The van der Waals surface area contributed by atoms with Crippen molar-refractivity contribution in [3.05, 3.63) is 42.9 Å². The summed E-state index contributed by atoms with van der Waals surface area (Å²) in [4.78, 5) is 22.9.